The van der Waals surface area contributed by atoms with Crippen LogP contribution in [0.25, 0.3) is 0 Å². The van der Waals surface area contributed by atoms with Crippen molar-refractivity contribution in [3.8, 4) is 12.3 Å². The summed E-state index contributed by atoms with van der Waals surface area (Å²) in [5.74, 6) is 0.737. The van der Waals surface area contributed by atoms with Gasteiger partial charge >= 0.3 is 5.97 Å². The van der Waals surface area contributed by atoms with E-state index in [0.29, 0.717) is 13.0 Å². The Morgan fingerprint density at radius 1 is 1.62 bits per heavy atom. The van der Waals surface area contributed by atoms with Crippen molar-refractivity contribution < 1.29 is 19.4 Å². The Balaban J connectivity index is 2.60. The van der Waals surface area contributed by atoms with Gasteiger partial charge in [0.1, 0.15) is 6.54 Å². The Bertz CT molecular complexity index is 320. The summed E-state index contributed by atoms with van der Waals surface area (Å²) >= 11 is 0. The van der Waals surface area contributed by atoms with Crippen LogP contribution in [-0.2, 0) is 14.3 Å². The number of terminal acetylenes is 1. The molecule has 1 aliphatic heterocycles. The van der Waals surface area contributed by atoms with E-state index < -0.39 is 5.97 Å². The predicted octanol–water partition coefficient (Wildman–Crippen LogP) is -0.0422. The van der Waals surface area contributed by atoms with E-state index in [1.54, 1.807) is 0 Å². The molecule has 1 aliphatic rings. The average molecular weight is 225 g/mol. The van der Waals surface area contributed by atoms with Crippen molar-refractivity contribution in [2.45, 2.75) is 19.4 Å². The van der Waals surface area contributed by atoms with Crippen molar-refractivity contribution in [1.29, 1.82) is 0 Å². The molecule has 0 aliphatic carbocycles. The lowest BCUT2D eigenvalue weighted by molar-refractivity contribution is -0.145. The zero-order valence-electron chi connectivity index (χ0n) is 9.18. The molecule has 0 aromatic carbocycles. The lowest BCUT2D eigenvalue weighted by atomic mass is 10.0. The molecule has 0 radical (unpaired) electrons. The monoisotopic (exact) mass is 225 g/mol. The largest absolute Gasteiger partial charge is 0.480 e. The van der Waals surface area contributed by atoms with Crippen LogP contribution in [0.1, 0.15) is 13.3 Å². The Morgan fingerprint density at radius 2 is 2.31 bits per heavy atom. The standard InChI is InChI=1S/C11H15NO4/c1-3-4-12(6-10(13)14)11(15)9-5-8(2)16-7-9/h1,8-9H,4-7H2,2H3,(H,13,14). The fraction of sp³-hybridized carbons (Fsp3) is 0.636. The first-order valence-electron chi connectivity index (χ1n) is 5.10. The summed E-state index contributed by atoms with van der Waals surface area (Å²) in [5, 5.41) is 8.66. The van der Waals surface area contributed by atoms with Gasteiger partial charge in [-0.1, -0.05) is 5.92 Å². The Kier molecular flexibility index (Phi) is 4.32. The summed E-state index contributed by atoms with van der Waals surface area (Å²) in [6, 6.07) is 0. The fourth-order valence-electron chi connectivity index (χ4n) is 1.73. The van der Waals surface area contributed by atoms with Crippen LogP contribution in [0.15, 0.2) is 0 Å². The molecular weight excluding hydrogens is 210 g/mol. The first-order chi connectivity index (χ1) is 7.54. The van der Waals surface area contributed by atoms with Gasteiger partial charge in [-0.05, 0) is 13.3 Å². The number of rotatable bonds is 4. The number of hydrogen-bond acceptors (Lipinski definition) is 3. The molecule has 2 atom stereocenters. The summed E-state index contributed by atoms with van der Waals surface area (Å²) in [6.07, 6.45) is 5.77. The van der Waals surface area contributed by atoms with Crippen molar-refractivity contribution in [3.63, 3.8) is 0 Å². The number of amides is 1. The fourth-order valence-corrected chi connectivity index (χ4v) is 1.73. The van der Waals surface area contributed by atoms with Gasteiger partial charge in [-0.3, -0.25) is 9.59 Å². The molecule has 0 aromatic rings. The first-order valence-corrected chi connectivity index (χ1v) is 5.10. The number of carbonyl (C=O) groups is 2. The van der Waals surface area contributed by atoms with Crippen LogP contribution in [0.2, 0.25) is 0 Å². The molecule has 0 aromatic heterocycles. The lowest BCUT2D eigenvalue weighted by Gasteiger charge is -2.20. The van der Waals surface area contributed by atoms with E-state index in [1.807, 2.05) is 6.92 Å². The van der Waals surface area contributed by atoms with Gasteiger partial charge in [-0.2, -0.15) is 0 Å². The van der Waals surface area contributed by atoms with Crippen LogP contribution in [-0.4, -0.2) is 47.7 Å². The maximum absolute atomic E-state index is 11.9. The first kappa shape index (κ1) is 12.5. The summed E-state index contributed by atoms with van der Waals surface area (Å²) < 4.78 is 5.27. The van der Waals surface area contributed by atoms with E-state index in [1.165, 1.54) is 4.90 Å². The van der Waals surface area contributed by atoms with Gasteiger partial charge in [0.2, 0.25) is 5.91 Å². The number of nitrogens with zero attached hydrogens (tertiary/aromatic N) is 1. The third-order valence-electron chi connectivity index (χ3n) is 2.47. The maximum Gasteiger partial charge on any atom is 0.323 e. The molecule has 1 saturated heterocycles. The SMILES string of the molecule is C#CCN(CC(=O)O)C(=O)C1COC(C)C1. The minimum absolute atomic E-state index is 0.0238. The van der Waals surface area contributed by atoms with Gasteiger partial charge in [0.25, 0.3) is 0 Å². The van der Waals surface area contributed by atoms with Crippen LogP contribution >= 0.6 is 0 Å². The third-order valence-corrected chi connectivity index (χ3v) is 2.47. The highest BCUT2D eigenvalue weighted by molar-refractivity contribution is 5.83. The molecule has 0 saturated carbocycles. The number of carbonyl (C=O) groups excluding carboxylic acids is 1. The molecule has 1 rings (SSSR count). The summed E-state index contributed by atoms with van der Waals surface area (Å²) in [5.41, 5.74) is 0. The summed E-state index contributed by atoms with van der Waals surface area (Å²) in [6.45, 7) is 1.90. The summed E-state index contributed by atoms with van der Waals surface area (Å²) in [7, 11) is 0. The molecule has 1 fully saturated rings. The molecule has 1 N–H and O–H groups in total. The molecule has 88 valence electrons. The highest BCUT2D eigenvalue weighted by Crippen LogP contribution is 2.21. The van der Waals surface area contributed by atoms with Gasteiger partial charge in [-0.25, -0.2) is 0 Å². The predicted molar refractivity (Wildman–Crippen MR) is 56.6 cm³/mol. The second kappa shape index (κ2) is 5.52. The Labute approximate surface area is 94.4 Å². The smallest absolute Gasteiger partial charge is 0.323 e. The zero-order valence-corrected chi connectivity index (χ0v) is 9.18. The van der Waals surface area contributed by atoms with Crippen molar-refractivity contribution in [3.05, 3.63) is 0 Å². The summed E-state index contributed by atoms with van der Waals surface area (Å²) in [4.78, 5) is 23.7. The van der Waals surface area contributed by atoms with E-state index in [4.69, 9.17) is 16.3 Å². The highest BCUT2D eigenvalue weighted by atomic mass is 16.5. The van der Waals surface area contributed by atoms with Gasteiger partial charge in [0.05, 0.1) is 25.2 Å². The van der Waals surface area contributed by atoms with E-state index in [-0.39, 0.29) is 31.0 Å². The van der Waals surface area contributed by atoms with Crippen molar-refractivity contribution in [2.75, 3.05) is 19.7 Å². The minimum Gasteiger partial charge on any atom is -0.480 e. The number of carboxylic acids is 1. The molecule has 1 amide bonds. The Morgan fingerprint density at radius 3 is 2.75 bits per heavy atom. The van der Waals surface area contributed by atoms with Crippen LogP contribution in [0.4, 0.5) is 0 Å². The number of ether oxygens (including phenoxy) is 1. The molecule has 5 heteroatoms. The normalized spacial score (nSPS) is 23.8. The van der Waals surface area contributed by atoms with Crippen molar-refractivity contribution >= 4 is 11.9 Å². The van der Waals surface area contributed by atoms with Gasteiger partial charge in [-0.15, -0.1) is 6.42 Å². The second-order valence-electron chi connectivity index (χ2n) is 3.87. The van der Waals surface area contributed by atoms with E-state index in [2.05, 4.69) is 5.92 Å². The Hall–Kier alpha value is -1.54. The van der Waals surface area contributed by atoms with Crippen molar-refractivity contribution in [1.82, 2.24) is 4.90 Å². The quantitative estimate of drug-likeness (QED) is 0.682. The number of hydrogen-bond donors (Lipinski definition) is 1. The highest BCUT2D eigenvalue weighted by Gasteiger charge is 2.31. The van der Waals surface area contributed by atoms with Crippen LogP contribution in [0.3, 0.4) is 0 Å². The topological polar surface area (TPSA) is 66.8 Å². The maximum atomic E-state index is 11.9. The molecule has 0 spiro atoms. The molecular formula is C11H15NO4. The molecule has 16 heavy (non-hydrogen) atoms. The molecule has 1 heterocycles. The van der Waals surface area contributed by atoms with Crippen LogP contribution in [0, 0.1) is 18.3 Å². The van der Waals surface area contributed by atoms with Gasteiger partial charge in [0, 0.05) is 0 Å². The average Bonchev–Trinajstić information content (AvgIpc) is 2.62. The minimum atomic E-state index is -1.06. The molecule has 5 nitrogen and oxygen atoms in total. The molecule has 0 bridgehead atoms. The van der Waals surface area contributed by atoms with E-state index in [0.717, 1.165) is 0 Å². The zero-order chi connectivity index (χ0) is 12.1. The molecule has 2 unspecified atom stereocenters. The number of aliphatic carboxylic acids is 1. The van der Waals surface area contributed by atoms with Crippen LogP contribution < -0.4 is 0 Å². The lowest BCUT2D eigenvalue weighted by Crippen LogP contribution is -2.40. The van der Waals surface area contributed by atoms with E-state index >= 15 is 0 Å². The second-order valence-corrected chi connectivity index (χ2v) is 3.87. The van der Waals surface area contributed by atoms with E-state index in [9.17, 15) is 9.59 Å². The third kappa shape index (κ3) is 3.24. The number of carboxylic acid groups (broad SMARTS) is 1. The van der Waals surface area contributed by atoms with Crippen LogP contribution in [0.5, 0.6) is 0 Å². The van der Waals surface area contributed by atoms with Gasteiger partial charge < -0.3 is 14.7 Å². The van der Waals surface area contributed by atoms with Crippen molar-refractivity contribution in [2.24, 2.45) is 5.92 Å². The van der Waals surface area contributed by atoms with Gasteiger partial charge in [0.15, 0.2) is 0 Å².